The third-order valence-electron chi connectivity index (χ3n) is 4.90. The molecule has 2 N–H and O–H groups in total. The van der Waals surface area contributed by atoms with E-state index in [1.165, 1.54) is 6.07 Å². The van der Waals surface area contributed by atoms with Crippen molar-refractivity contribution in [3.8, 4) is 11.3 Å². The molecule has 0 spiro atoms. The summed E-state index contributed by atoms with van der Waals surface area (Å²) in [4.78, 5) is 23.0. The maximum Gasteiger partial charge on any atom is 0.471 e. The Bertz CT molecular complexity index is 1420. The van der Waals surface area contributed by atoms with Gasteiger partial charge >= 0.3 is 12.1 Å². The van der Waals surface area contributed by atoms with E-state index in [0.717, 1.165) is 6.26 Å². The van der Waals surface area contributed by atoms with E-state index < -0.39 is 21.9 Å². The average molecular weight is 465 g/mol. The largest absolute Gasteiger partial charge is 0.471 e. The highest BCUT2D eigenvalue weighted by atomic mass is 32.2. The molecule has 4 aromatic rings. The zero-order chi connectivity index (χ0) is 23.1. The molecule has 12 heteroatoms. The molecule has 0 unspecified atom stereocenters. The first kappa shape index (κ1) is 21.8. The van der Waals surface area contributed by atoms with Gasteiger partial charge in [-0.15, -0.1) is 0 Å². The Balaban J connectivity index is 1.63. The molecule has 32 heavy (non-hydrogen) atoms. The first-order chi connectivity index (χ1) is 15.0. The number of fused-ring (bicyclic) bond motifs is 3. The Labute approximate surface area is 180 Å². The van der Waals surface area contributed by atoms with Crippen molar-refractivity contribution in [3.05, 3.63) is 48.5 Å². The van der Waals surface area contributed by atoms with Crippen molar-refractivity contribution >= 4 is 32.4 Å². The SMILES string of the molecule is CS(=O)(=O)c1cccc(-c2cc3c(ncc4cnc(CCCNC(=O)C(F)(F)F)n43)[nH]2)c1. The van der Waals surface area contributed by atoms with Gasteiger partial charge < -0.3 is 10.3 Å². The van der Waals surface area contributed by atoms with Gasteiger partial charge in [0, 0.05) is 24.9 Å². The fourth-order valence-corrected chi connectivity index (χ4v) is 4.05. The topological polar surface area (TPSA) is 109 Å². The van der Waals surface area contributed by atoms with E-state index in [-0.39, 0.29) is 17.9 Å². The zero-order valence-corrected chi connectivity index (χ0v) is 17.6. The monoisotopic (exact) mass is 465 g/mol. The van der Waals surface area contributed by atoms with Crippen molar-refractivity contribution in [1.82, 2.24) is 24.7 Å². The van der Waals surface area contributed by atoms with Crippen LogP contribution >= 0.6 is 0 Å². The molecule has 4 rings (SSSR count). The third kappa shape index (κ3) is 4.31. The molecule has 8 nitrogen and oxygen atoms in total. The molecule has 0 aliphatic carbocycles. The number of aromatic nitrogens is 4. The van der Waals surface area contributed by atoms with Crippen molar-refractivity contribution < 1.29 is 26.4 Å². The molecule has 0 saturated carbocycles. The number of benzene rings is 1. The second kappa shape index (κ2) is 7.93. The van der Waals surface area contributed by atoms with E-state index in [1.54, 1.807) is 30.6 Å². The van der Waals surface area contributed by atoms with Crippen LogP contribution in [-0.2, 0) is 21.1 Å². The number of carbonyl (C=O) groups is 1. The van der Waals surface area contributed by atoms with Crippen LogP contribution in [0.5, 0.6) is 0 Å². The number of nitrogens with one attached hydrogen (secondary N) is 2. The summed E-state index contributed by atoms with van der Waals surface area (Å²) in [5, 5.41) is 1.84. The summed E-state index contributed by atoms with van der Waals surface area (Å²) < 4.78 is 62.5. The minimum atomic E-state index is -4.91. The summed E-state index contributed by atoms with van der Waals surface area (Å²) in [5.41, 5.74) is 3.25. The minimum absolute atomic E-state index is 0.141. The first-order valence-electron chi connectivity index (χ1n) is 9.53. The van der Waals surface area contributed by atoms with Crippen molar-refractivity contribution in [2.75, 3.05) is 12.8 Å². The Morgan fingerprint density at radius 3 is 2.66 bits per heavy atom. The highest BCUT2D eigenvalue weighted by Gasteiger charge is 2.38. The van der Waals surface area contributed by atoms with Crippen LogP contribution in [0.3, 0.4) is 0 Å². The predicted octanol–water partition coefficient (Wildman–Crippen LogP) is 2.89. The number of sulfone groups is 1. The van der Waals surface area contributed by atoms with Gasteiger partial charge in [-0.1, -0.05) is 12.1 Å². The highest BCUT2D eigenvalue weighted by Crippen LogP contribution is 2.26. The number of imidazole rings is 1. The van der Waals surface area contributed by atoms with Crippen LogP contribution in [0.1, 0.15) is 12.2 Å². The van der Waals surface area contributed by atoms with E-state index in [4.69, 9.17) is 0 Å². The molecule has 0 aliphatic heterocycles. The summed E-state index contributed by atoms with van der Waals surface area (Å²) in [6.07, 6.45) is 0.0313. The molecule has 0 saturated heterocycles. The molecule has 0 fully saturated rings. The van der Waals surface area contributed by atoms with Crippen molar-refractivity contribution in [2.24, 2.45) is 0 Å². The maximum absolute atomic E-state index is 12.3. The molecule has 3 aromatic heterocycles. The Morgan fingerprint density at radius 1 is 1.19 bits per heavy atom. The molecule has 3 heterocycles. The summed E-state index contributed by atoms with van der Waals surface area (Å²) in [6.45, 7) is -0.141. The second-order valence-electron chi connectivity index (χ2n) is 7.27. The number of H-pyrrole nitrogens is 1. The number of carbonyl (C=O) groups excluding carboxylic acids is 1. The molecule has 0 atom stereocenters. The minimum Gasteiger partial charge on any atom is -0.348 e. The fourth-order valence-electron chi connectivity index (χ4n) is 3.38. The number of hydrogen-bond acceptors (Lipinski definition) is 5. The molecular formula is C20H18F3N5O3S. The number of nitrogens with zero attached hydrogens (tertiary/aromatic N) is 3. The predicted molar refractivity (Wildman–Crippen MR) is 111 cm³/mol. The Hall–Kier alpha value is -3.41. The number of amides is 1. The van der Waals surface area contributed by atoms with Gasteiger partial charge in [-0.3, -0.25) is 9.20 Å². The van der Waals surface area contributed by atoms with Gasteiger partial charge in [0.25, 0.3) is 0 Å². The van der Waals surface area contributed by atoms with E-state index in [9.17, 15) is 26.4 Å². The number of hydrogen-bond donors (Lipinski definition) is 2. The zero-order valence-electron chi connectivity index (χ0n) is 16.8. The molecule has 168 valence electrons. The number of halogens is 3. The Morgan fingerprint density at radius 2 is 1.94 bits per heavy atom. The lowest BCUT2D eigenvalue weighted by Gasteiger charge is -2.07. The van der Waals surface area contributed by atoms with Gasteiger partial charge in [-0.25, -0.2) is 18.4 Å². The van der Waals surface area contributed by atoms with Crippen molar-refractivity contribution in [3.63, 3.8) is 0 Å². The fraction of sp³-hybridized carbons (Fsp3) is 0.250. The van der Waals surface area contributed by atoms with E-state index >= 15 is 0 Å². The molecule has 1 aromatic carbocycles. The van der Waals surface area contributed by atoms with Crippen molar-refractivity contribution in [2.45, 2.75) is 23.9 Å². The number of aryl methyl sites for hydroxylation is 1. The van der Waals surface area contributed by atoms with E-state index in [0.29, 0.717) is 40.2 Å². The standard InChI is InChI=1S/C20H18F3N5O3S/c1-32(30,31)14-5-2-4-12(8-14)15-9-16-18(27-15)26-11-13-10-25-17(28(13)16)6-3-7-24-19(29)20(21,22)23/h2,4-5,8-11,27H,3,6-7H2,1H3,(H,24,29). The summed E-state index contributed by atoms with van der Waals surface area (Å²) in [7, 11) is -3.37. The van der Waals surface area contributed by atoms with Gasteiger partial charge in [0.1, 0.15) is 5.82 Å². The lowest BCUT2D eigenvalue weighted by Crippen LogP contribution is -2.37. The van der Waals surface area contributed by atoms with Gasteiger partial charge in [-0.05, 0) is 30.2 Å². The van der Waals surface area contributed by atoms with Crippen LogP contribution in [0.2, 0.25) is 0 Å². The number of alkyl halides is 3. The summed E-state index contributed by atoms with van der Waals surface area (Å²) in [6, 6.07) is 8.32. The van der Waals surface area contributed by atoms with Gasteiger partial charge in [-0.2, -0.15) is 13.2 Å². The normalized spacial score (nSPS) is 12.5. The summed E-state index contributed by atoms with van der Waals surface area (Å²) in [5.74, 6) is -1.37. The molecule has 1 amide bonds. The maximum atomic E-state index is 12.3. The van der Waals surface area contributed by atoms with Gasteiger partial charge in [0.2, 0.25) is 0 Å². The first-order valence-corrected chi connectivity index (χ1v) is 11.4. The second-order valence-corrected chi connectivity index (χ2v) is 9.28. The number of rotatable bonds is 6. The van der Waals surface area contributed by atoms with Crippen LogP contribution in [-0.4, -0.2) is 52.7 Å². The lowest BCUT2D eigenvalue weighted by molar-refractivity contribution is -0.173. The molecular weight excluding hydrogens is 447 g/mol. The average Bonchev–Trinajstić information content (AvgIpc) is 3.33. The van der Waals surface area contributed by atoms with Crippen LogP contribution in [0.15, 0.2) is 47.6 Å². The van der Waals surface area contributed by atoms with Crippen molar-refractivity contribution in [1.29, 1.82) is 0 Å². The van der Waals surface area contributed by atoms with Crippen LogP contribution in [0.25, 0.3) is 27.9 Å². The molecule has 0 bridgehead atoms. The quantitative estimate of drug-likeness (QED) is 0.426. The number of aromatic amines is 1. The molecule has 0 aliphatic rings. The molecule has 0 radical (unpaired) electrons. The van der Waals surface area contributed by atoms with Crippen LogP contribution < -0.4 is 5.32 Å². The van der Waals surface area contributed by atoms with Crippen LogP contribution in [0, 0.1) is 0 Å². The summed E-state index contributed by atoms with van der Waals surface area (Å²) >= 11 is 0. The van der Waals surface area contributed by atoms with E-state index in [1.807, 2.05) is 15.8 Å². The lowest BCUT2D eigenvalue weighted by atomic mass is 10.1. The van der Waals surface area contributed by atoms with E-state index in [2.05, 4.69) is 15.0 Å². The van der Waals surface area contributed by atoms with Crippen LogP contribution in [0.4, 0.5) is 13.2 Å². The Kier molecular flexibility index (Phi) is 5.41. The highest BCUT2D eigenvalue weighted by molar-refractivity contribution is 7.90. The van der Waals surface area contributed by atoms with Gasteiger partial charge in [0.05, 0.1) is 28.3 Å². The third-order valence-corrected chi connectivity index (χ3v) is 6.01. The smallest absolute Gasteiger partial charge is 0.348 e. The van der Waals surface area contributed by atoms with Gasteiger partial charge in [0.15, 0.2) is 15.5 Å².